The Morgan fingerprint density at radius 3 is 3.00 bits per heavy atom. The summed E-state index contributed by atoms with van der Waals surface area (Å²) in [5.74, 6) is 0. The molecule has 0 unspecified atom stereocenters. The van der Waals surface area contributed by atoms with Crippen molar-refractivity contribution < 1.29 is 9.90 Å². The number of rotatable bonds is 4. The van der Waals surface area contributed by atoms with Crippen molar-refractivity contribution in [1.29, 1.82) is 0 Å². The number of hydrogen-bond donors (Lipinski definition) is 1. The molecule has 0 aromatic carbocycles. The molecule has 0 aliphatic rings. The molecule has 14 heavy (non-hydrogen) atoms. The van der Waals surface area contributed by atoms with Gasteiger partial charge in [0.15, 0.2) is 0 Å². The second-order valence-electron chi connectivity index (χ2n) is 2.98. The fourth-order valence-corrected chi connectivity index (χ4v) is 1.35. The van der Waals surface area contributed by atoms with Crippen LogP contribution in [-0.4, -0.2) is 39.5 Å². The smallest absolute Gasteiger partial charge is 0.407 e. The van der Waals surface area contributed by atoms with E-state index in [2.05, 4.69) is 21.0 Å². The Bertz CT molecular complexity index is 313. The van der Waals surface area contributed by atoms with E-state index in [9.17, 15) is 4.79 Å². The lowest BCUT2D eigenvalue weighted by Crippen LogP contribution is -2.26. The number of carbonyl (C=O) groups is 1. The third-order valence-corrected chi connectivity index (χ3v) is 2.22. The molecular formula is C8H12BrN3O2. The second kappa shape index (κ2) is 4.99. The topological polar surface area (TPSA) is 58.4 Å². The van der Waals surface area contributed by atoms with E-state index in [0.717, 1.165) is 17.4 Å². The molecular weight excluding hydrogens is 250 g/mol. The quantitative estimate of drug-likeness (QED) is 0.897. The summed E-state index contributed by atoms with van der Waals surface area (Å²) in [6.45, 7) is 1.25. The van der Waals surface area contributed by atoms with Crippen LogP contribution in [0.2, 0.25) is 0 Å². The third-order valence-electron chi connectivity index (χ3n) is 1.81. The minimum atomic E-state index is -0.897. The maximum absolute atomic E-state index is 10.4. The van der Waals surface area contributed by atoms with Crippen molar-refractivity contribution in [2.45, 2.75) is 13.0 Å². The van der Waals surface area contributed by atoms with E-state index < -0.39 is 6.09 Å². The van der Waals surface area contributed by atoms with Crippen molar-refractivity contribution in [3.05, 3.63) is 16.9 Å². The van der Waals surface area contributed by atoms with Gasteiger partial charge in [-0.15, -0.1) is 0 Å². The summed E-state index contributed by atoms with van der Waals surface area (Å²) in [5, 5.41) is 12.6. The van der Waals surface area contributed by atoms with E-state index >= 15 is 0 Å². The first kappa shape index (κ1) is 11.0. The highest BCUT2D eigenvalue weighted by Crippen LogP contribution is 2.06. The summed E-state index contributed by atoms with van der Waals surface area (Å²) in [7, 11) is 1.56. The normalized spacial score (nSPS) is 10.1. The van der Waals surface area contributed by atoms with Gasteiger partial charge in [0.2, 0.25) is 0 Å². The predicted molar refractivity (Wildman–Crippen MR) is 55.2 cm³/mol. The molecule has 1 rings (SSSR count). The standard InChI is InChI=1S/C8H12BrN3O2/c1-11(8(13)14)3-2-4-12-6-7(9)5-10-12/h5-6H,2-4H2,1H3,(H,13,14). The number of halogens is 1. The molecule has 0 atom stereocenters. The Hall–Kier alpha value is -1.04. The van der Waals surface area contributed by atoms with Gasteiger partial charge in [-0.25, -0.2) is 4.79 Å². The summed E-state index contributed by atoms with van der Waals surface area (Å²) in [6, 6.07) is 0. The van der Waals surface area contributed by atoms with E-state index in [1.165, 1.54) is 4.90 Å². The highest BCUT2D eigenvalue weighted by Gasteiger charge is 2.04. The first-order valence-electron chi connectivity index (χ1n) is 4.21. The molecule has 6 heteroatoms. The molecule has 0 saturated heterocycles. The molecule has 78 valence electrons. The highest BCUT2D eigenvalue weighted by atomic mass is 79.9. The van der Waals surface area contributed by atoms with Crippen LogP contribution < -0.4 is 0 Å². The Labute approximate surface area is 90.4 Å². The summed E-state index contributed by atoms with van der Waals surface area (Å²) in [6.07, 6.45) is 3.44. The van der Waals surface area contributed by atoms with Crippen LogP contribution in [0.25, 0.3) is 0 Å². The van der Waals surface area contributed by atoms with Crippen molar-refractivity contribution in [3.63, 3.8) is 0 Å². The molecule has 5 nitrogen and oxygen atoms in total. The SMILES string of the molecule is CN(CCCn1cc(Br)cn1)C(=O)O. The van der Waals surface area contributed by atoms with Crippen molar-refractivity contribution >= 4 is 22.0 Å². The van der Waals surface area contributed by atoms with Crippen molar-refractivity contribution in [3.8, 4) is 0 Å². The average molecular weight is 262 g/mol. The zero-order chi connectivity index (χ0) is 10.6. The summed E-state index contributed by atoms with van der Waals surface area (Å²) >= 11 is 3.29. The van der Waals surface area contributed by atoms with Gasteiger partial charge < -0.3 is 10.0 Å². The van der Waals surface area contributed by atoms with Gasteiger partial charge >= 0.3 is 6.09 Å². The van der Waals surface area contributed by atoms with Gasteiger partial charge in [0.25, 0.3) is 0 Å². The van der Waals surface area contributed by atoms with Gasteiger partial charge in [0, 0.05) is 26.3 Å². The Balaban J connectivity index is 2.25. The van der Waals surface area contributed by atoms with Crippen LogP contribution in [0.1, 0.15) is 6.42 Å². The molecule has 1 N–H and O–H groups in total. The molecule has 1 amide bonds. The minimum Gasteiger partial charge on any atom is -0.465 e. The lowest BCUT2D eigenvalue weighted by Gasteiger charge is -2.11. The van der Waals surface area contributed by atoms with Gasteiger partial charge in [-0.05, 0) is 22.4 Å². The van der Waals surface area contributed by atoms with E-state index in [1.807, 2.05) is 6.20 Å². The Morgan fingerprint density at radius 2 is 2.50 bits per heavy atom. The van der Waals surface area contributed by atoms with Crippen molar-refractivity contribution in [2.24, 2.45) is 0 Å². The molecule has 0 aliphatic carbocycles. The zero-order valence-corrected chi connectivity index (χ0v) is 9.44. The lowest BCUT2D eigenvalue weighted by atomic mass is 10.4. The maximum atomic E-state index is 10.4. The van der Waals surface area contributed by atoms with Crippen LogP contribution in [0.15, 0.2) is 16.9 Å². The number of hydrogen-bond acceptors (Lipinski definition) is 2. The lowest BCUT2D eigenvalue weighted by molar-refractivity contribution is 0.155. The number of aromatic nitrogens is 2. The largest absolute Gasteiger partial charge is 0.465 e. The van der Waals surface area contributed by atoms with Crippen LogP contribution in [-0.2, 0) is 6.54 Å². The first-order valence-corrected chi connectivity index (χ1v) is 5.01. The van der Waals surface area contributed by atoms with Gasteiger partial charge in [-0.2, -0.15) is 5.10 Å². The van der Waals surface area contributed by atoms with Crippen LogP contribution in [0, 0.1) is 0 Å². The van der Waals surface area contributed by atoms with E-state index in [1.54, 1.807) is 17.9 Å². The van der Waals surface area contributed by atoms with Crippen LogP contribution in [0.4, 0.5) is 4.79 Å². The van der Waals surface area contributed by atoms with Crippen molar-refractivity contribution in [1.82, 2.24) is 14.7 Å². The predicted octanol–water partition coefficient (Wildman–Crippen LogP) is 1.65. The molecule has 0 bridgehead atoms. The van der Waals surface area contributed by atoms with E-state index in [4.69, 9.17) is 5.11 Å². The second-order valence-corrected chi connectivity index (χ2v) is 3.89. The molecule has 0 radical (unpaired) electrons. The first-order chi connectivity index (χ1) is 6.59. The van der Waals surface area contributed by atoms with Crippen LogP contribution in [0.5, 0.6) is 0 Å². The summed E-state index contributed by atoms with van der Waals surface area (Å²) in [5.41, 5.74) is 0. The number of carboxylic acid groups (broad SMARTS) is 1. The minimum absolute atomic E-state index is 0.521. The number of amides is 1. The molecule has 0 aliphatic heterocycles. The number of nitrogens with zero attached hydrogens (tertiary/aromatic N) is 3. The molecule has 0 spiro atoms. The van der Waals surface area contributed by atoms with Crippen LogP contribution in [0.3, 0.4) is 0 Å². The number of aryl methyl sites for hydroxylation is 1. The molecule has 1 aromatic heterocycles. The maximum Gasteiger partial charge on any atom is 0.407 e. The Kier molecular flexibility index (Phi) is 3.94. The van der Waals surface area contributed by atoms with Gasteiger partial charge in [0.1, 0.15) is 0 Å². The summed E-state index contributed by atoms with van der Waals surface area (Å²) in [4.78, 5) is 11.7. The molecule has 0 saturated carbocycles. The van der Waals surface area contributed by atoms with E-state index in [-0.39, 0.29) is 0 Å². The van der Waals surface area contributed by atoms with Crippen LogP contribution >= 0.6 is 15.9 Å². The molecule has 1 aromatic rings. The average Bonchev–Trinajstić information content (AvgIpc) is 2.51. The fourth-order valence-electron chi connectivity index (χ4n) is 1.03. The van der Waals surface area contributed by atoms with Crippen molar-refractivity contribution in [2.75, 3.05) is 13.6 Å². The monoisotopic (exact) mass is 261 g/mol. The fraction of sp³-hybridized carbons (Fsp3) is 0.500. The van der Waals surface area contributed by atoms with Gasteiger partial charge in [0.05, 0.1) is 10.7 Å². The summed E-state index contributed by atoms with van der Waals surface area (Å²) < 4.78 is 2.71. The van der Waals surface area contributed by atoms with E-state index in [0.29, 0.717) is 6.54 Å². The Morgan fingerprint density at radius 1 is 1.79 bits per heavy atom. The molecule has 0 fully saturated rings. The zero-order valence-electron chi connectivity index (χ0n) is 7.85. The third kappa shape index (κ3) is 3.37. The van der Waals surface area contributed by atoms with Gasteiger partial charge in [-0.1, -0.05) is 0 Å². The van der Waals surface area contributed by atoms with Gasteiger partial charge in [-0.3, -0.25) is 4.68 Å². The molecule has 1 heterocycles. The highest BCUT2D eigenvalue weighted by molar-refractivity contribution is 9.10.